The van der Waals surface area contributed by atoms with Gasteiger partial charge in [0.2, 0.25) is 11.8 Å². The molecule has 1 atom stereocenters. The number of benzene rings is 1. The molecule has 0 spiro atoms. The van der Waals surface area contributed by atoms with Crippen LogP contribution in [0.4, 0.5) is 11.4 Å². The van der Waals surface area contributed by atoms with E-state index < -0.39 is 6.04 Å². The molecule has 0 aromatic heterocycles. The number of carbonyl (C=O) groups is 2. The van der Waals surface area contributed by atoms with Crippen LogP contribution in [-0.4, -0.2) is 24.4 Å². The number of hydrogen-bond acceptors (Lipinski definition) is 3. The van der Waals surface area contributed by atoms with Crippen molar-refractivity contribution in [2.75, 3.05) is 16.8 Å². The van der Waals surface area contributed by atoms with Crippen LogP contribution in [-0.2, 0) is 9.59 Å². The predicted octanol–water partition coefficient (Wildman–Crippen LogP) is 2.30. The van der Waals surface area contributed by atoms with Gasteiger partial charge in [-0.25, -0.2) is 0 Å². The quantitative estimate of drug-likeness (QED) is 0.876. The zero-order valence-electron chi connectivity index (χ0n) is 12.2. The van der Waals surface area contributed by atoms with Crippen LogP contribution in [0.5, 0.6) is 0 Å². The molecule has 1 aliphatic heterocycles. The van der Waals surface area contributed by atoms with E-state index in [9.17, 15) is 9.59 Å². The molecule has 6 heteroatoms. The largest absolute Gasteiger partial charge is 0.323 e. The van der Waals surface area contributed by atoms with E-state index in [0.29, 0.717) is 25.1 Å². The molecule has 5 nitrogen and oxygen atoms in total. The van der Waals surface area contributed by atoms with Crippen molar-refractivity contribution in [1.29, 1.82) is 0 Å². The smallest absolute Gasteiger partial charge is 0.241 e. The molecule has 0 radical (unpaired) electrons. The Morgan fingerprint density at radius 2 is 2.14 bits per heavy atom. The predicted molar refractivity (Wildman–Crippen MR) is 86.8 cm³/mol. The molecule has 1 aromatic rings. The average molecular weight is 312 g/mol. The number of halogens is 1. The van der Waals surface area contributed by atoms with Crippen LogP contribution in [0.25, 0.3) is 0 Å². The summed E-state index contributed by atoms with van der Waals surface area (Å²) in [6.45, 7) is 2.69. The molecule has 3 N–H and O–H groups in total. The van der Waals surface area contributed by atoms with Gasteiger partial charge in [0.25, 0.3) is 0 Å². The first-order valence-electron chi connectivity index (χ1n) is 7.09. The van der Waals surface area contributed by atoms with Crippen molar-refractivity contribution in [3.63, 3.8) is 0 Å². The second-order valence-corrected chi connectivity index (χ2v) is 5.05. The number of nitrogens with one attached hydrogen (secondary N) is 1. The fraction of sp³-hybridized carbons (Fsp3) is 0.467. The van der Waals surface area contributed by atoms with Gasteiger partial charge in [0, 0.05) is 13.0 Å². The summed E-state index contributed by atoms with van der Waals surface area (Å²) in [5, 5.41) is 2.83. The third-order valence-electron chi connectivity index (χ3n) is 3.46. The molecular weight excluding hydrogens is 290 g/mol. The van der Waals surface area contributed by atoms with Crippen LogP contribution < -0.4 is 16.0 Å². The molecule has 1 unspecified atom stereocenters. The molecule has 0 aliphatic carbocycles. The summed E-state index contributed by atoms with van der Waals surface area (Å²) in [6, 6.07) is 6.84. The lowest BCUT2D eigenvalue weighted by molar-refractivity contribution is -0.118. The van der Waals surface area contributed by atoms with Gasteiger partial charge in [-0.1, -0.05) is 25.5 Å². The Bertz CT molecular complexity index is 507. The minimum Gasteiger partial charge on any atom is -0.323 e. The highest BCUT2D eigenvalue weighted by atomic mass is 35.5. The monoisotopic (exact) mass is 311 g/mol. The highest BCUT2D eigenvalue weighted by Crippen LogP contribution is 2.29. The first-order chi connectivity index (χ1) is 9.63. The summed E-state index contributed by atoms with van der Waals surface area (Å²) in [5.41, 5.74) is 7.22. The van der Waals surface area contributed by atoms with Crippen LogP contribution in [0.2, 0.25) is 0 Å². The number of carbonyl (C=O) groups excluding carboxylic acids is 2. The van der Waals surface area contributed by atoms with E-state index in [0.717, 1.165) is 18.5 Å². The number of nitrogens with two attached hydrogens (primary N) is 1. The first kappa shape index (κ1) is 17.5. The van der Waals surface area contributed by atoms with Crippen molar-refractivity contribution in [1.82, 2.24) is 0 Å². The number of para-hydroxylation sites is 2. The van der Waals surface area contributed by atoms with Gasteiger partial charge in [-0.3, -0.25) is 9.59 Å². The zero-order chi connectivity index (χ0) is 14.5. The van der Waals surface area contributed by atoms with E-state index in [1.165, 1.54) is 0 Å². The normalized spacial score (nSPS) is 15.5. The van der Waals surface area contributed by atoms with Gasteiger partial charge in [0.1, 0.15) is 0 Å². The summed E-state index contributed by atoms with van der Waals surface area (Å²) in [4.78, 5) is 25.6. The maximum atomic E-state index is 12.0. The Morgan fingerprint density at radius 1 is 1.43 bits per heavy atom. The summed E-state index contributed by atoms with van der Waals surface area (Å²) in [6.07, 6.45) is 2.94. The second-order valence-electron chi connectivity index (χ2n) is 5.05. The van der Waals surface area contributed by atoms with E-state index >= 15 is 0 Å². The van der Waals surface area contributed by atoms with Crippen LogP contribution in [0.3, 0.4) is 0 Å². The van der Waals surface area contributed by atoms with Gasteiger partial charge < -0.3 is 16.0 Å². The van der Waals surface area contributed by atoms with Gasteiger partial charge in [-0.15, -0.1) is 12.4 Å². The zero-order valence-corrected chi connectivity index (χ0v) is 13.0. The van der Waals surface area contributed by atoms with Gasteiger partial charge >= 0.3 is 0 Å². The maximum Gasteiger partial charge on any atom is 0.241 e. The minimum absolute atomic E-state index is 0. The van der Waals surface area contributed by atoms with Crippen molar-refractivity contribution in [3.05, 3.63) is 24.3 Å². The highest BCUT2D eigenvalue weighted by molar-refractivity contribution is 6.03. The lowest BCUT2D eigenvalue weighted by atomic mass is 10.1. The van der Waals surface area contributed by atoms with Crippen LogP contribution in [0, 0.1) is 0 Å². The molecule has 1 aromatic carbocycles. The Hall–Kier alpha value is -1.59. The molecular formula is C15H22ClN3O2. The molecule has 1 saturated heterocycles. The summed E-state index contributed by atoms with van der Waals surface area (Å²) >= 11 is 0. The van der Waals surface area contributed by atoms with E-state index in [1.807, 2.05) is 25.1 Å². The average Bonchev–Trinajstić information content (AvgIpc) is 2.86. The second kappa shape index (κ2) is 8.00. The number of anilines is 2. The van der Waals surface area contributed by atoms with Gasteiger partial charge in [-0.2, -0.15) is 0 Å². The van der Waals surface area contributed by atoms with Crippen LogP contribution >= 0.6 is 12.4 Å². The molecule has 21 heavy (non-hydrogen) atoms. The number of hydrogen-bond donors (Lipinski definition) is 2. The van der Waals surface area contributed by atoms with Crippen molar-refractivity contribution < 1.29 is 9.59 Å². The van der Waals surface area contributed by atoms with Crippen LogP contribution in [0.1, 0.15) is 32.6 Å². The fourth-order valence-corrected chi connectivity index (χ4v) is 2.39. The number of amides is 2. The van der Waals surface area contributed by atoms with Crippen molar-refractivity contribution in [2.45, 2.75) is 38.6 Å². The third-order valence-corrected chi connectivity index (χ3v) is 3.46. The fourth-order valence-electron chi connectivity index (χ4n) is 2.39. The van der Waals surface area contributed by atoms with E-state index in [-0.39, 0.29) is 24.2 Å². The Kier molecular flexibility index (Phi) is 6.65. The lowest BCUT2D eigenvalue weighted by Crippen LogP contribution is -2.36. The number of rotatable bonds is 5. The summed E-state index contributed by atoms with van der Waals surface area (Å²) < 4.78 is 0. The van der Waals surface area contributed by atoms with Crippen molar-refractivity contribution in [2.24, 2.45) is 5.73 Å². The topological polar surface area (TPSA) is 75.4 Å². The van der Waals surface area contributed by atoms with Gasteiger partial charge in [0.15, 0.2) is 0 Å². The summed E-state index contributed by atoms with van der Waals surface area (Å²) in [5.74, 6) is -0.101. The first-order valence-corrected chi connectivity index (χ1v) is 7.09. The molecule has 2 amide bonds. The van der Waals surface area contributed by atoms with Crippen molar-refractivity contribution in [3.8, 4) is 0 Å². The highest BCUT2D eigenvalue weighted by Gasteiger charge is 2.24. The molecule has 0 saturated carbocycles. The molecule has 116 valence electrons. The standard InChI is InChI=1S/C15H21N3O2.ClH/c1-2-6-11(16)15(20)17-12-7-3-4-8-13(12)18-10-5-9-14(18)19;/h3-4,7-8,11H,2,5-6,9-10,16H2,1H3,(H,17,20);1H. The SMILES string of the molecule is CCCC(N)C(=O)Nc1ccccc1N1CCCC1=O.Cl. The van der Waals surface area contributed by atoms with E-state index in [1.54, 1.807) is 11.0 Å². The molecule has 1 fully saturated rings. The van der Waals surface area contributed by atoms with E-state index in [2.05, 4.69) is 5.32 Å². The summed E-state index contributed by atoms with van der Waals surface area (Å²) in [7, 11) is 0. The Morgan fingerprint density at radius 3 is 2.76 bits per heavy atom. The molecule has 1 heterocycles. The van der Waals surface area contributed by atoms with Crippen molar-refractivity contribution >= 4 is 35.6 Å². The lowest BCUT2D eigenvalue weighted by Gasteiger charge is -2.21. The van der Waals surface area contributed by atoms with Gasteiger partial charge in [0.05, 0.1) is 17.4 Å². The Balaban J connectivity index is 0.00000220. The Labute approximate surface area is 131 Å². The van der Waals surface area contributed by atoms with Gasteiger partial charge in [-0.05, 0) is 25.0 Å². The van der Waals surface area contributed by atoms with Crippen LogP contribution in [0.15, 0.2) is 24.3 Å². The minimum atomic E-state index is -0.512. The molecule has 1 aliphatic rings. The maximum absolute atomic E-state index is 12.0. The number of nitrogens with zero attached hydrogens (tertiary/aromatic N) is 1. The van der Waals surface area contributed by atoms with E-state index in [4.69, 9.17) is 5.73 Å². The molecule has 2 rings (SSSR count). The third kappa shape index (κ3) is 4.19. The molecule has 0 bridgehead atoms.